The lowest BCUT2D eigenvalue weighted by molar-refractivity contribution is 0.0167. The molecule has 1 aromatic heterocycles. The fourth-order valence-corrected chi connectivity index (χ4v) is 2.90. The predicted octanol–water partition coefficient (Wildman–Crippen LogP) is 2.33. The third-order valence-corrected chi connectivity index (χ3v) is 4.08. The standard InChI is InChI=1S/C16H23N3O2/c1-3-19-15-5-4-13(20-2)10-14(15)18-16(19)11-21-12-6-8-17-9-7-12/h4-5,10,12,17H,3,6-9,11H2,1-2H3. The van der Waals surface area contributed by atoms with Gasteiger partial charge in [0.2, 0.25) is 0 Å². The van der Waals surface area contributed by atoms with E-state index in [9.17, 15) is 0 Å². The molecule has 0 amide bonds. The number of ether oxygens (including phenoxy) is 2. The van der Waals surface area contributed by atoms with Crippen molar-refractivity contribution in [1.29, 1.82) is 0 Å². The van der Waals surface area contributed by atoms with E-state index >= 15 is 0 Å². The summed E-state index contributed by atoms with van der Waals surface area (Å²) in [5, 5.41) is 3.35. The van der Waals surface area contributed by atoms with Crippen molar-refractivity contribution >= 4 is 11.0 Å². The fourth-order valence-electron chi connectivity index (χ4n) is 2.90. The van der Waals surface area contributed by atoms with Crippen LogP contribution >= 0.6 is 0 Å². The summed E-state index contributed by atoms with van der Waals surface area (Å²) in [4.78, 5) is 4.72. The number of benzene rings is 1. The third kappa shape index (κ3) is 3.04. The Hall–Kier alpha value is -1.59. The van der Waals surface area contributed by atoms with Crippen LogP contribution in [0.3, 0.4) is 0 Å². The van der Waals surface area contributed by atoms with Crippen molar-refractivity contribution in [2.75, 3.05) is 20.2 Å². The van der Waals surface area contributed by atoms with E-state index in [2.05, 4.69) is 22.9 Å². The van der Waals surface area contributed by atoms with Gasteiger partial charge in [0.15, 0.2) is 0 Å². The Morgan fingerprint density at radius 3 is 2.86 bits per heavy atom. The summed E-state index contributed by atoms with van der Waals surface area (Å²) in [6, 6.07) is 6.03. The number of nitrogens with one attached hydrogen (secondary N) is 1. The largest absolute Gasteiger partial charge is 0.497 e. The number of aromatic nitrogens is 2. The smallest absolute Gasteiger partial charge is 0.135 e. The van der Waals surface area contributed by atoms with Crippen LogP contribution in [-0.4, -0.2) is 35.9 Å². The quantitative estimate of drug-likeness (QED) is 0.918. The van der Waals surface area contributed by atoms with E-state index in [0.29, 0.717) is 12.7 Å². The first kappa shape index (κ1) is 14.4. The topological polar surface area (TPSA) is 48.3 Å². The Morgan fingerprint density at radius 2 is 2.14 bits per heavy atom. The maximum atomic E-state index is 6.04. The van der Waals surface area contributed by atoms with Crippen molar-refractivity contribution in [2.24, 2.45) is 0 Å². The van der Waals surface area contributed by atoms with Crippen LogP contribution in [-0.2, 0) is 17.9 Å². The van der Waals surface area contributed by atoms with Gasteiger partial charge in [0.25, 0.3) is 0 Å². The molecular formula is C16H23N3O2. The Bertz CT molecular complexity index is 603. The van der Waals surface area contributed by atoms with Crippen molar-refractivity contribution < 1.29 is 9.47 Å². The van der Waals surface area contributed by atoms with Crippen molar-refractivity contribution in [3.8, 4) is 5.75 Å². The van der Waals surface area contributed by atoms with E-state index in [1.54, 1.807) is 7.11 Å². The van der Waals surface area contributed by atoms with Crippen LogP contribution in [0.2, 0.25) is 0 Å². The Balaban J connectivity index is 1.80. The van der Waals surface area contributed by atoms with Crippen LogP contribution in [0.5, 0.6) is 5.75 Å². The first-order valence-electron chi connectivity index (χ1n) is 7.67. The highest BCUT2D eigenvalue weighted by atomic mass is 16.5. The average molecular weight is 289 g/mol. The summed E-state index contributed by atoms with van der Waals surface area (Å²) in [5.74, 6) is 1.84. The molecule has 5 heteroatoms. The number of hydrogen-bond acceptors (Lipinski definition) is 4. The monoisotopic (exact) mass is 289 g/mol. The molecule has 114 valence electrons. The van der Waals surface area contributed by atoms with Crippen LogP contribution in [0.1, 0.15) is 25.6 Å². The van der Waals surface area contributed by atoms with Gasteiger partial charge < -0.3 is 19.4 Å². The lowest BCUT2D eigenvalue weighted by Crippen LogP contribution is -2.32. The van der Waals surface area contributed by atoms with Crippen LogP contribution < -0.4 is 10.1 Å². The zero-order valence-corrected chi connectivity index (χ0v) is 12.8. The number of fused-ring (bicyclic) bond motifs is 1. The fraction of sp³-hybridized carbons (Fsp3) is 0.562. The predicted molar refractivity (Wildman–Crippen MR) is 82.6 cm³/mol. The highest BCUT2D eigenvalue weighted by molar-refractivity contribution is 5.77. The van der Waals surface area contributed by atoms with E-state index in [-0.39, 0.29) is 0 Å². The van der Waals surface area contributed by atoms with Gasteiger partial charge in [-0.3, -0.25) is 0 Å². The van der Waals surface area contributed by atoms with Crippen LogP contribution in [0.15, 0.2) is 18.2 Å². The number of piperidine rings is 1. The second-order valence-corrected chi connectivity index (χ2v) is 5.39. The van der Waals surface area contributed by atoms with E-state index in [0.717, 1.165) is 55.1 Å². The van der Waals surface area contributed by atoms with Crippen molar-refractivity contribution in [3.63, 3.8) is 0 Å². The molecule has 1 N–H and O–H groups in total. The molecule has 0 bridgehead atoms. The molecule has 0 radical (unpaired) electrons. The number of rotatable bonds is 5. The highest BCUT2D eigenvalue weighted by Gasteiger charge is 2.16. The number of methoxy groups -OCH3 is 1. The maximum absolute atomic E-state index is 6.04. The first-order valence-corrected chi connectivity index (χ1v) is 7.67. The van der Waals surface area contributed by atoms with Gasteiger partial charge in [-0.1, -0.05) is 0 Å². The molecule has 1 fully saturated rings. The van der Waals surface area contributed by atoms with Crippen molar-refractivity contribution in [1.82, 2.24) is 14.9 Å². The zero-order valence-electron chi connectivity index (χ0n) is 12.8. The minimum atomic E-state index is 0.353. The molecule has 3 rings (SSSR count). The van der Waals surface area contributed by atoms with Crippen molar-refractivity contribution in [3.05, 3.63) is 24.0 Å². The molecule has 0 unspecified atom stereocenters. The number of aryl methyl sites for hydroxylation is 1. The Kier molecular flexibility index (Phi) is 4.41. The van der Waals surface area contributed by atoms with Gasteiger partial charge in [0, 0.05) is 12.6 Å². The third-order valence-electron chi connectivity index (χ3n) is 4.08. The molecular weight excluding hydrogens is 266 g/mol. The van der Waals surface area contributed by atoms with Gasteiger partial charge in [-0.25, -0.2) is 4.98 Å². The molecule has 5 nitrogen and oxygen atoms in total. The second kappa shape index (κ2) is 6.45. The molecule has 2 heterocycles. The molecule has 2 aromatic rings. The summed E-state index contributed by atoms with van der Waals surface area (Å²) in [7, 11) is 1.68. The number of nitrogens with zero attached hydrogens (tertiary/aromatic N) is 2. The van der Waals surface area contributed by atoms with Gasteiger partial charge >= 0.3 is 0 Å². The summed E-state index contributed by atoms with van der Waals surface area (Å²) in [6.45, 7) is 5.71. The molecule has 0 saturated carbocycles. The van der Waals surface area contributed by atoms with Crippen LogP contribution in [0.25, 0.3) is 11.0 Å². The minimum Gasteiger partial charge on any atom is -0.497 e. The van der Waals surface area contributed by atoms with E-state index in [4.69, 9.17) is 14.5 Å². The normalized spacial score (nSPS) is 16.5. The van der Waals surface area contributed by atoms with Gasteiger partial charge in [-0.05, 0) is 45.0 Å². The summed E-state index contributed by atoms with van der Waals surface area (Å²) < 4.78 is 13.5. The van der Waals surface area contributed by atoms with Gasteiger partial charge in [-0.2, -0.15) is 0 Å². The van der Waals surface area contributed by atoms with Crippen LogP contribution in [0.4, 0.5) is 0 Å². The van der Waals surface area contributed by atoms with E-state index in [1.165, 1.54) is 0 Å². The first-order chi connectivity index (χ1) is 10.3. The summed E-state index contributed by atoms with van der Waals surface area (Å²) >= 11 is 0. The average Bonchev–Trinajstić information content (AvgIpc) is 2.90. The van der Waals surface area contributed by atoms with Gasteiger partial charge in [-0.15, -0.1) is 0 Å². The molecule has 1 aromatic carbocycles. The second-order valence-electron chi connectivity index (χ2n) is 5.39. The maximum Gasteiger partial charge on any atom is 0.135 e. The number of hydrogen-bond donors (Lipinski definition) is 1. The molecule has 1 aliphatic heterocycles. The Labute approximate surface area is 125 Å². The van der Waals surface area contributed by atoms with Crippen LogP contribution in [0, 0.1) is 0 Å². The number of imidazole rings is 1. The van der Waals surface area contributed by atoms with Crippen molar-refractivity contribution in [2.45, 2.75) is 39.0 Å². The van der Waals surface area contributed by atoms with Gasteiger partial charge in [0.05, 0.1) is 24.2 Å². The lowest BCUT2D eigenvalue weighted by atomic mass is 10.1. The molecule has 1 saturated heterocycles. The molecule has 0 atom stereocenters. The molecule has 1 aliphatic rings. The molecule has 0 aliphatic carbocycles. The molecule has 0 spiro atoms. The minimum absolute atomic E-state index is 0.353. The Morgan fingerprint density at radius 1 is 1.33 bits per heavy atom. The lowest BCUT2D eigenvalue weighted by Gasteiger charge is -2.22. The zero-order chi connectivity index (χ0) is 14.7. The SMILES string of the molecule is CCn1c(COC2CCNCC2)nc2cc(OC)ccc21. The van der Waals surface area contributed by atoms with Gasteiger partial charge in [0.1, 0.15) is 18.2 Å². The summed E-state index contributed by atoms with van der Waals surface area (Å²) in [5.41, 5.74) is 2.11. The summed E-state index contributed by atoms with van der Waals surface area (Å²) in [6.07, 6.45) is 2.52. The van der Waals surface area contributed by atoms with E-state index < -0.39 is 0 Å². The highest BCUT2D eigenvalue weighted by Crippen LogP contribution is 2.22. The van der Waals surface area contributed by atoms with E-state index in [1.807, 2.05) is 12.1 Å². The molecule has 21 heavy (non-hydrogen) atoms.